The highest BCUT2D eigenvalue weighted by Crippen LogP contribution is 2.23. The third-order valence-corrected chi connectivity index (χ3v) is 2.45. The van der Waals surface area contributed by atoms with Gasteiger partial charge in [-0.15, -0.1) is 0 Å². The maximum Gasteiger partial charge on any atom is 0.259 e. The van der Waals surface area contributed by atoms with E-state index in [1.54, 1.807) is 24.3 Å². The number of imide groups is 1. The van der Waals surface area contributed by atoms with E-state index in [0.717, 1.165) is 4.90 Å². The Morgan fingerprint density at radius 2 is 2.00 bits per heavy atom. The lowest BCUT2D eigenvalue weighted by Gasteiger charge is -2.13. The van der Waals surface area contributed by atoms with Gasteiger partial charge in [-0.05, 0) is 24.4 Å². The summed E-state index contributed by atoms with van der Waals surface area (Å²) in [6.07, 6.45) is 0.0668. The van der Waals surface area contributed by atoms with E-state index in [9.17, 15) is 9.59 Å². The first-order valence-corrected chi connectivity index (χ1v) is 5.13. The number of anilines is 1. The van der Waals surface area contributed by atoms with Crippen LogP contribution in [0.25, 0.3) is 0 Å². The van der Waals surface area contributed by atoms with Crippen LogP contribution in [0.1, 0.15) is 6.42 Å². The normalized spacial score (nSPS) is 19.8. The summed E-state index contributed by atoms with van der Waals surface area (Å²) in [5.74, 6) is -0.594. The zero-order valence-corrected chi connectivity index (χ0v) is 9.11. The minimum Gasteiger partial charge on any atom is -0.274 e. The van der Waals surface area contributed by atoms with Gasteiger partial charge in [0, 0.05) is 0 Å². The monoisotopic (exact) mass is 232 g/mol. The smallest absolute Gasteiger partial charge is 0.259 e. The summed E-state index contributed by atoms with van der Waals surface area (Å²) >= 11 is 4.44. The van der Waals surface area contributed by atoms with E-state index in [-0.39, 0.29) is 18.2 Å². The van der Waals surface area contributed by atoms with Crippen molar-refractivity contribution < 1.29 is 9.59 Å². The highest BCUT2D eigenvalue weighted by atomic mass is 32.1. The van der Waals surface area contributed by atoms with E-state index in [1.807, 2.05) is 6.07 Å². The van der Waals surface area contributed by atoms with E-state index < -0.39 is 6.04 Å². The van der Waals surface area contributed by atoms with Gasteiger partial charge in [0.15, 0.2) is 0 Å². The summed E-state index contributed by atoms with van der Waals surface area (Å²) in [5, 5.41) is 2.14. The molecule has 2 rings (SSSR count). The summed E-state index contributed by atoms with van der Waals surface area (Å²) in [7, 11) is 0. The van der Waals surface area contributed by atoms with Crippen molar-refractivity contribution in [3.05, 3.63) is 30.3 Å². The third-order valence-electron chi connectivity index (χ3n) is 2.35. The molecule has 2 amide bonds. The van der Waals surface area contributed by atoms with Gasteiger partial charge in [-0.3, -0.25) is 9.59 Å². The number of isothiocyanates is 1. The number of hydrogen-bond donors (Lipinski definition) is 0. The lowest BCUT2D eigenvalue weighted by Crippen LogP contribution is -2.31. The predicted octanol–water partition coefficient (Wildman–Crippen LogP) is 1.42. The van der Waals surface area contributed by atoms with Crippen molar-refractivity contribution >= 4 is 34.9 Å². The van der Waals surface area contributed by atoms with Crippen LogP contribution < -0.4 is 4.90 Å². The lowest BCUT2D eigenvalue weighted by atomic mass is 10.3. The number of carbonyl (C=O) groups is 2. The van der Waals surface area contributed by atoms with Crippen LogP contribution in [0.2, 0.25) is 0 Å². The topological polar surface area (TPSA) is 49.7 Å². The van der Waals surface area contributed by atoms with Gasteiger partial charge in [-0.1, -0.05) is 18.2 Å². The van der Waals surface area contributed by atoms with E-state index in [0.29, 0.717) is 5.69 Å². The maximum atomic E-state index is 11.8. The predicted molar refractivity (Wildman–Crippen MR) is 62.4 cm³/mol. The van der Waals surface area contributed by atoms with E-state index in [1.165, 1.54) is 0 Å². The molecule has 1 heterocycles. The lowest BCUT2D eigenvalue weighted by molar-refractivity contribution is -0.121. The van der Waals surface area contributed by atoms with E-state index in [2.05, 4.69) is 22.4 Å². The van der Waals surface area contributed by atoms with Gasteiger partial charge in [0.1, 0.15) is 6.04 Å². The molecule has 0 N–H and O–H groups in total. The van der Waals surface area contributed by atoms with Gasteiger partial charge in [0.25, 0.3) is 5.91 Å². The van der Waals surface area contributed by atoms with Gasteiger partial charge in [0.2, 0.25) is 5.91 Å². The highest BCUT2D eigenvalue weighted by molar-refractivity contribution is 7.78. The Bertz CT molecular complexity index is 480. The first-order chi connectivity index (χ1) is 7.74. The summed E-state index contributed by atoms with van der Waals surface area (Å²) in [6, 6.07) is 8.07. The Kier molecular flexibility index (Phi) is 2.90. The van der Waals surface area contributed by atoms with Gasteiger partial charge < -0.3 is 0 Å². The number of nitrogens with zero attached hydrogens (tertiary/aromatic N) is 2. The Balaban J connectivity index is 2.34. The van der Waals surface area contributed by atoms with Crippen molar-refractivity contribution in [1.29, 1.82) is 0 Å². The van der Waals surface area contributed by atoms with Gasteiger partial charge >= 0.3 is 0 Å². The van der Waals surface area contributed by atoms with Crippen molar-refractivity contribution in [1.82, 2.24) is 0 Å². The second kappa shape index (κ2) is 4.35. The molecule has 1 fully saturated rings. The van der Waals surface area contributed by atoms with Crippen LogP contribution in [0.4, 0.5) is 5.69 Å². The Morgan fingerprint density at radius 3 is 2.62 bits per heavy atom. The molecule has 1 aromatic carbocycles. The molecule has 0 saturated carbocycles. The number of amides is 2. The van der Waals surface area contributed by atoms with Crippen LogP contribution in [0.3, 0.4) is 0 Å². The van der Waals surface area contributed by atoms with E-state index >= 15 is 0 Å². The second-order valence-electron chi connectivity index (χ2n) is 3.34. The molecule has 0 spiro atoms. The molecule has 1 aliphatic rings. The molecule has 1 unspecified atom stereocenters. The number of benzene rings is 1. The Labute approximate surface area is 97.6 Å². The molecule has 0 aromatic heterocycles. The van der Waals surface area contributed by atoms with Crippen molar-refractivity contribution in [2.75, 3.05) is 4.90 Å². The van der Waals surface area contributed by atoms with Gasteiger partial charge in [-0.25, -0.2) is 9.89 Å². The fourth-order valence-corrected chi connectivity index (χ4v) is 1.76. The molecule has 16 heavy (non-hydrogen) atoms. The first-order valence-electron chi connectivity index (χ1n) is 4.73. The Hall–Kier alpha value is -1.84. The van der Waals surface area contributed by atoms with Gasteiger partial charge in [-0.2, -0.15) is 0 Å². The fraction of sp³-hybridized carbons (Fsp3) is 0.182. The minimum absolute atomic E-state index is 0.0668. The molecule has 4 nitrogen and oxygen atoms in total. The van der Waals surface area contributed by atoms with Crippen molar-refractivity contribution in [3.63, 3.8) is 0 Å². The Morgan fingerprint density at radius 1 is 1.31 bits per heavy atom. The molecule has 0 radical (unpaired) electrons. The van der Waals surface area contributed by atoms with Crippen molar-refractivity contribution in [2.45, 2.75) is 12.5 Å². The number of carbonyl (C=O) groups excluding carboxylic acids is 2. The largest absolute Gasteiger partial charge is 0.274 e. The number of aliphatic imine (C=N–C) groups is 1. The molecule has 0 aliphatic carbocycles. The standard InChI is InChI=1S/C11H8N2O2S/c14-10-6-9(12-7-16)11(15)13(10)8-4-2-1-3-5-8/h1-5,9H,6H2. The molecular weight excluding hydrogens is 224 g/mol. The van der Waals surface area contributed by atoms with Crippen LogP contribution in [-0.4, -0.2) is 23.0 Å². The fourth-order valence-electron chi connectivity index (χ4n) is 1.63. The number of thiocarbonyl (C=S) groups is 1. The summed E-state index contributed by atoms with van der Waals surface area (Å²) in [6.45, 7) is 0. The summed E-state index contributed by atoms with van der Waals surface area (Å²) < 4.78 is 0. The molecule has 5 heteroatoms. The first kappa shape index (κ1) is 10.7. The second-order valence-corrected chi connectivity index (χ2v) is 3.53. The minimum atomic E-state index is -0.704. The maximum absolute atomic E-state index is 11.8. The third kappa shape index (κ3) is 1.78. The van der Waals surface area contributed by atoms with Crippen LogP contribution in [0.5, 0.6) is 0 Å². The highest BCUT2D eigenvalue weighted by Gasteiger charge is 2.39. The molecule has 1 saturated heterocycles. The van der Waals surface area contributed by atoms with Crippen LogP contribution >= 0.6 is 12.2 Å². The average molecular weight is 232 g/mol. The number of hydrogen-bond acceptors (Lipinski definition) is 4. The summed E-state index contributed by atoms with van der Waals surface area (Å²) in [5.41, 5.74) is 0.569. The zero-order valence-electron chi connectivity index (χ0n) is 8.29. The SMILES string of the molecule is O=C1CC(N=C=S)C(=O)N1c1ccccc1. The zero-order chi connectivity index (χ0) is 11.5. The molecule has 1 atom stereocenters. The molecule has 1 aromatic rings. The average Bonchev–Trinajstić information content (AvgIpc) is 2.56. The number of rotatable bonds is 2. The van der Waals surface area contributed by atoms with Gasteiger partial charge in [0.05, 0.1) is 17.3 Å². The molecule has 0 bridgehead atoms. The van der Waals surface area contributed by atoms with E-state index in [4.69, 9.17) is 0 Å². The quantitative estimate of drug-likeness (QED) is 0.440. The number of para-hydroxylation sites is 1. The molecular formula is C11H8N2O2S. The van der Waals surface area contributed by atoms with Crippen molar-refractivity contribution in [2.24, 2.45) is 4.99 Å². The molecule has 80 valence electrons. The van der Waals surface area contributed by atoms with Crippen molar-refractivity contribution in [3.8, 4) is 0 Å². The van der Waals surface area contributed by atoms with Crippen LogP contribution in [0.15, 0.2) is 35.3 Å². The molecule has 1 aliphatic heterocycles. The summed E-state index contributed by atoms with van der Waals surface area (Å²) in [4.78, 5) is 28.3. The van der Waals surface area contributed by atoms with Crippen LogP contribution in [-0.2, 0) is 9.59 Å². The van der Waals surface area contributed by atoms with Crippen LogP contribution in [0, 0.1) is 0 Å².